The number of carbonyl (C=O) groups is 2. The van der Waals surface area contributed by atoms with Gasteiger partial charge < -0.3 is 87.5 Å². The van der Waals surface area contributed by atoms with Gasteiger partial charge in [0.15, 0.2) is 35.6 Å². The Morgan fingerprint density at radius 3 is 2.13 bits per heavy atom. The molecule has 19 nitrogen and oxygen atoms in total. The van der Waals surface area contributed by atoms with Crippen molar-refractivity contribution < 1.29 is 92.3 Å². The number of carbonyl (C=O) groups excluding carboxylic acids is 2. The molecule has 0 saturated carbocycles. The maximum absolute atomic E-state index is 13.7. The lowest BCUT2D eigenvalue weighted by Crippen LogP contribution is -2.63. The van der Waals surface area contributed by atoms with Crippen LogP contribution in [0.1, 0.15) is 35.6 Å². The summed E-state index contributed by atoms with van der Waals surface area (Å²) in [6.07, 6.45) is -17.1. The van der Waals surface area contributed by atoms with E-state index in [0.29, 0.717) is 28.2 Å². The normalized spacial score (nSPS) is 39.5. The van der Waals surface area contributed by atoms with Crippen molar-refractivity contribution in [3.63, 3.8) is 0 Å². The average Bonchev–Trinajstić information content (AvgIpc) is 3.79. The molecule has 0 spiro atoms. The molecule has 4 fully saturated rings. The van der Waals surface area contributed by atoms with Crippen LogP contribution in [-0.2, 0) is 38.0 Å². The molecule has 54 heavy (non-hydrogen) atoms. The molecule has 294 valence electrons. The molecular formula is C35H39O19-. The largest absolute Gasteiger partial charge is 0.547 e. The number of aliphatic hydroxyl groups is 5. The predicted molar refractivity (Wildman–Crippen MR) is 169 cm³/mol. The topological polar surface area (TPSA) is 260 Å². The molecule has 5 heterocycles. The Balaban J connectivity index is 1.17. The first-order valence-corrected chi connectivity index (χ1v) is 17.3. The van der Waals surface area contributed by atoms with Gasteiger partial charge in [0.2, 0.25) is 18.8 Å². The van der Waals surface area contributed by atoms with E-state index in [9.17, 15) is 40.2 Å². The summed E-state index contributed by atoms with van der Waals surface area (Å²) in [7, 11) is 2.63. The van der Waals surface area contributed by atoms with Crippen LogP contribution in [0.5, 0.6) is 28.7 Å². The monoisotopic (exact) mass is 763 g/mol. The van der Waals surface area contributed by atoms with Crippen molar-refractivity contribution >= 4 is 11.9 Å². The number of aliphatic hydroxyl groups excluding tert-OH is 5. The van der Waals surface area contributed by atoms with E-state index in [-0.39, 0.29) is 37.3 Å². The van der Waals surface area contributed by atoms with Gasteiger partial charge in [0.05, 0.1) is 45.4 Å². The second-order valence-corrected chi connectivity index (χ2v) is 13.8. The fraction of sp³-hybridized carbons (Fsp3) is 0.600. The van der Waals surface area contributed by atoms with Crippen LogP contribution >= 0.6 is 0 Å². The van der Waals surface area contributed by atoms with E-state index in [0.717, 1.165) is 0 Å². The van der Waals surface area contributed by atoms with Gasteiger partial charge in [0.25, 0.3) is 0 Å². The SMILES string of the molecule is COc1cc([C@@H]2c3cc4c(cc3[C@@H](O[C@@H]3O[C@@H]5CO[C@@H](C)O[C@H]5[C@H](O)[C@H]3O)[C@H]3COC(=O)[C@H]23)OCO4)cc(OC)c1O[C@@H]1O[C@H](C(=O)[O-])[C@@H](O)[C@H](O)[C@H]1O. The van der Waals surface area contributed by atoms with Crippen LogP contribution in [0.4, 0.5) is 0 Å². The van der Waals surface area contributed by atoms with E-state index in [1.165, 1.54) is 14.2 Å². The first kappa shape index (κ1) is 36.9. The molecular weight excluding hydrogens is 724 g/mol. The van der Waals surface area contributed by atoms with Crippen molar-refractivity contribution in [1.29, 1.82) is 0 Å². The third-order valence-electron chi connectivity index (χ3n) is 10.8. The van der Waals surface area contributed by atoms with Crippen LogP contribution in [0.25, 0.3) is 0 Å². The smallest absolute Gasteiger partial charge is 0.310 e. The van der Waals surface area contributed by atoms with Crippen LogP contribution in [-0.4, -0.2) is 139 Å². The number of aliphatic carboxylic acids is 1. The Labute approximate surface area is 306 Å². The number of hydrogen-bond acceptors (Lipinski definition) is 19. The van der Waals surface area contributed by atoms with Crippen LogP contribution in [0.3, 0.4) is 0 Å². The summed E-state index contributed by atoms with van der Waals surface area (Å²) in [5, 5.41) is 64.9. The molecule has 0 amide bonds. The molecule has 1 aliphatic carbocycles. The van der Waals surface area contributed by atoms with Crippen molar-refractivity contribution in [2.24, 2.45) is 11.8 Å². The second-order valence-electron chi connectivity index (χ2n) is 13.8. The van der Waals surface area contributed by atoms with Crippen molar-refractivity contribution in [3.8, 4) is 28.7 Å². The number of fused-ring (bicyclic) bond motifs is 4. The highest BCUT2D eigenvalue weighted by Gasteiger charge is 2.56. The fourth-order valence-electron chi connectivity index (χ4n) is 8.09. The molecule has 8 rings (SSSR count). The highest BCUT2D eigenvalue weighted by molar-refractivity contribution is 5.79. The molecule has 6 aliphatic rings. The number of hydrogen-bond donors (Lipinski definition) is 5. The number of ether oxygens (including phenoxy) is 11. The van der Waals surface area contributed by atoms with Crippen molar-refractivity contribution in [1.82, 2.24) is 0 Å². The summed E-state index contributed by atoms with van der Waals surface area (Å²) in [5.41, 5.74) is 1.58. The number of rotatable bonds is 8. The molecule has 0 aromatic heterocycles. The minimum absolute atomic E-state index is 0.00264. The van der Waals surface area contributed by atoms with E-state index < -0.39 is 103 Å². The maximum atomic E-state index is 13.7. The Morgan fingerprint density at radius 2 is 1.46 bits per heavy atom. The minimum Gasteiger partial charge on any atom is -0.547 e. The lowest BCUT2D eigenvalue weighted by atomic mass is 9.66. The van der Waals surface area contributed by atoms with E-state index in [1.54, 1.807) is 31.2 Å². The van der Waals surface area contributed by atoms with E-state index >= 15 is 0 Å². The Kier molecular flexibility index (Phi) is 9.74. The van der Waals surface area contributed by atoms with Gasteiger partial charge in [0.1, 0.15) is 48.8 Å². The maximum Gasteiger partial charge on any atom is 0.310 e. The zero-order valence-electron chi connectivity index (χ0n) is 29.0. The molecule has 0 bridgehead atoms. The van der Waals surface area contributed by atoms with Gasteiger partial charge in [-0.2, -0.15) is 0 Å². The predicted octanol–water partition coefficient (Wildman–Crippen LogP) is -2.43. The quantitative estimate of drug-likeness (QED) is 0.175. The summed E-state index contributed by atoms with van der Waals surface area (Å²) in [5.74, 6) is -4.07. The molecule has 2 aromatic carbocycles. The summed E-state index contributed by atoms with van der Waals surface area (Å²) < 4.78 is 63.3. The summed E-state index contributed by atoms with van der Waals surface area (Å²) in [6, 6.07) is 6.53. The first-order chi connectivity index (χ1) is 25.9. The summed E-state index contributed by atoms with van der Waals surface area (Å²) >= 11 is 0. The van der Waals surface area contributed by atoms with Crippen LogP contribution in [0.15, 0.2) is 24.3 Å². The van der Waals surface area contributed by atoms with Crippen molar-refractivity contribution in [3.05, 3.63) is 41.0 Å². The molecule has 4 saturated heterocycles. The first-order valence-electron chi connectivity index (χ1n) is 17.3. The number of carboxylic acids is 1. The molecule has 5 N–H and O–H groups in total. The van der Waals surface area contributed by atoms with Gasteiger partial charge in [-0.1, -0.05) is 0 Å². The lowest BCUT2D eigenvalue weighted by Gasteiger charge is -2.47. The molecule has 19 heteroatoms. The molecule has 0 radical (unpaired) electrons. The number of benzene rings is 2. The van der Waals surface area contributed by atoms with Gasteiger partial charge in [-0.25, -0.2) is 0 Å². The van der Waals surface area contributed by atoms with E-state index in [2.05, 4.69) is 0 Å². The number of methoxy groups -OCH3 is 2. The molecule has 15 atom stereocenters. The average molecular weight is 764 g/mol. The Morgan fingerprint density at radius 1 is 0.796 bits per heavy atom. The zero-order chi connectivity index (χ0) is 38.2. The highest BCUT2D eigenvalue weighted by atomic mass is 16.8. The molecule has 0 unspecified atom stereocenters. The number of cyclic esters (lactones) is 1. The van der Waals surface area contributed by atoms with Crippen LogP contribution in [0.2, 0.25) is 0 Å². The zero-order valence-corrected chi connectivity index (χ0v) is 29.0. The second kappa shape index (κ2) is 14.2. The molecule has 5 aliphatic heterocycles. The lowest BCUT2D eigenvalue weighted by molar-refractivity contribution is -0.364. The van der Waals surface area contributed by atoms with Gasteiger partial charge in [-0.15, -0.1) is 0 Å². The summed E-state index contributed by atoms with van der Waals surface area (Å²) in [6.45, 7) is 1.62. The Hall–Kier alpha value is -4.02. The van der Waals surface area contributed by atoms with E-state index in [1.807, 2.05) is 0 Å². The van der Waals surface area contributed by atoms with E-state index in [4.69, 9.17) is 52.1 Å². The van der Waals surface area contributed by atoms with Gasteiger partial charge >= 0.3 is 5.97 Å². The number of esters is 1. The summed E-state index contributed by atoms with van der Waals surface area (Å²) in [4.78, 5) is 25.3. The van der Waals surface area contributed by atoms with Crippen LogP contribution in [0, 0.1) is 11.8 Å². The Bertz CT molecular complexity index is 1740. The third-order valence-corrected chi connectivity index (χ3v) is 10.8. The van der Waals surface area contributed by atoms with Gasteiger partial charge in [0, 0.05) is 11.8 Å². The third kappa shape index (κ3) is 6.08. The number of carboxylic acid groups (broad SMARTS) is 1. The minimum atomic E-state index is -2.03. The fourth-order valence-corrected chi connectivity index (χ4v) is 8.09. The van der Waals surface area contributed by atoms with Crippen molar-refractivity contribution in [2.75, 3.05) is 34.2 Å². The highest BCUT2D eigenvalue weighted by Crippen LogP contribution is 2.57. The van der Waals surface area contributed by atoms with Crippen LogP contribution < -0.4 is 28.8 Å². The molecule has 2 aromatic rings. The standard InChI is InChI=1S/C35H40O19/c1-11-46-9-20-30(50-11)25(38)27(40)34(51-20)52-28-14-7-17-16(48-10-49-17)6-13(14)21(22-15(28)8-47-33(22)43)12-4-18(44-2)29(19(5-12)45-3)53-35-26(39)23(36)24(37)31(54-35)32(41)42/h4-7,11,15,20-28,30-31,34-40H,8-10H2,1-3H3,(H,41,42)/p-1/t11-,15+,20-,21-,22+,23+,24+,25-,26-,27-,28-,30-,31+,34+,35-/m1/s1. The van der Waals surface area contributed by atoms with Gasteiger partial charge in [-0.3, -0.25) is 4.79 Å². The van der Waals surface area contributed by atoms with Crippen molar-refractivity contribution in [2.45, 2.75) is 86.6 Å². The van der Waals surface area contributed by atoms with Gasteiger partial charge in [-0.05, 0) is 47.9 Å².